The summed E-state index contributed by atoms with van der Waals surface area (Å²) in [4.78, 5) is 11.8. The monoisotopic (exact) mass is 280 g/mol. The second kappa shape index (κ2) is 6.61. The average Bonchev–Trinajstić information content (AvgIpc) is 2.47. The quantitative estimate of drug-likeness (QED) is 0.837. The first kappa shape index (κ1) is 14.7. The van der Waals surface area contributed by atoms with Crippen molar-refractivity contribution in [2.75, 3.05) is 19.8 Å². The SMILES string of the molecule is CCOC(=O)C(CC)C(O)c1ccc2c(c1)OCCO2. The van der Waals surface area contributed by atoms with Crippen LogP contribution in [0.2, 0.25) is 0 Å². The van der Waals surface area contributed by atoms with E-state index in [0.717, 1.165) is 0 Å². The highest BCUT2D eigenvalue weighted by molar-refractivity contribution is 5.73. The predicted molar refractivity (Wildman–Crippen MR) is 72.8 cm³/mol. The molecule has 0 aromatic heterocycles. The molecule has 1 aromatic carbocycles. The number of carbonyl (C=O) groups is 1. The molecule has 2 unspecified atom stereocenters. The smallest absolute Gasteiger partial charge is 0.311 e. The second-order valence-corrected chi connectivity index (χ2v) is 4.61. The molecule has 0 saturated heterocycles. The van der Waals surface area contributed by atoms with Crippen LogP contribution >= 0.6 is 0 Å². The van der Waals surface area contributed by atoms with Gasteiger partial charge < -0.3 is 19.3 Å². The molecule has 2 atom stereocenters. The Hall–Kier alpha value is -1.75. The number of hydrogen-bond donors (Lipinski definition) is 1. The Kier molecular flexibility index (Phi) is 4.84. The number of esters is 1. The molecule has 110 valence electrons. The Labute approximate surface area is 118 Å². The van der Waals surface area contributed by atoms with Crippen LogP contribution in [0.15, 0.2) is 18.2 Å². The first-order valence-corrected chi connectivity index (χ1v) is 6.91. The van der Waals surface area contributed by atoms with Gasteiger partial charge in [0.25, 0.3) is 0 Å². The highest BCUT2D eigenvalue weighted by Gasteiger charge is 2.28. The van der Waals surface area contributed by atoms with Crippen LogP contribution < -0.4 is 9.47 Å². The highest BCUT2D eigenvalue weighted by atomic mass is 16.6. The lowest BCUT2D eigenvalue weighted by atomic mass is 9.93. The molecule has 2 rings (SSSR count). The molecule has 20 heavy (non-hydrogen) atoms. The van der Waals surface area contributed by atoms with Gasteiger partial charge in [-0.2, -0.15) is 0 Å². The van der Waals surface area contributed by atoms with Gasteiger partial charge in [0.15, 0.2) is 11.5 Å². The van der Waals surface area contributed by atoms with E-state index in [1.165, 1.54) is 0 Å². The zero-order valence-electron chi connectivity index (χ0n) is 11.8. The molecule has 0 bridgehead atoms. The fraction of sp³-hybridized carbons (Fsp3) is 0.533. The van der Waals surface area contributed by atoms with Gasteiger partial charge in [0.05, 0.1) is 18.6 Å². The van der Waals surface area contributed by atoms with Gasteiger partial charge >= 0.3 is 5.97 Å². The zero-order chi connectivity index (χ0) is 14.5. The summed E-state index contributed by atoms with van der Waals surface area (Å²) in [5, 5.41) is 10.4. The van der Waals surface area contributed by atoms with Crippen molar-refractivity contribution in [2.24, 2.45) is 5.92 Å². The Bertz CT molecular complexity index is 471. The largest absolute Gasteiger partial charge is 0.486 e. The summed E-state index contributed by atoms with van der Waals surface area (Å²) in [6.45, 7) is 4.92. The lowest BCUT2D eigenvalue weighted by molar-refractivity contribution is -0.152. The molecule has 0 saturated carbocycles. The molecule has 0 spiro atoms. The van der Waals surface area contributed by atoms with Gasteiger partial charge in [0.2, 0.25) is 0 Å². The van der Waals surface area contributed by atoms with Crippen molar-refractivity contribution in [3.63, 3.8) is 0 Å². The van der Waals surface area contributed by atoms with Crippen LogP contribution in [0, 0.1) is 5.92 Å². The minimum Gasteiger partial charge on any atom is -0.486 e. The van der Waals surface area contributed by atoms with Gasteiger partial charge in [-0.3, -0.25) is 4.79 Å². The van der Waals surface area contributed by atoms with E-state index in [1.807, 2.05) is 6.92 Å². The first-order valence-electron chi connectivity index (χ1n) is 6.91. The van der Waals surface area contributed by atoms with E-state index in [1.54, 1.807) is 25.1 Å². The van der Waals surface area contributed by atoms with E-state index in [2.05, 4.69) is 0 Å². The van der Waals surface area contributed by atoms with Crippen LogP contribution in [-0.2, 0) is 9.53 Å². The number of carbonyl (C=O) groups excluding carboxylic acids is 1. The van der Waals surface area contributed by atoms with Gasteiger partial charge in [-0.15, -0.1) is 0 Å². The third-order valence-corrected chi connectivity index (χ3v) is 3.32. The van der Waals surface area contributed by atoms with Crippen LogP contribution in [-0.4, -0.2) is 30.9 Å². The zero-order valence-corrected chi connectivity index (χ0v) is 11.8. The average molecular weight is 280 g/mol. The maximum Gasteiger partial charge on any atom is 0.311 e. The van der Waals surface area contributed by atoms with Gasteiger partial charge in [0.1, 0.15) is 13.2 Å². The lowest BCUT2D eigenvalue weighted by Gasteiger charge is -2.23. The van der Waals surface area contributed by atoms with Crippen molar-refractivity contribution >= 4 is 5.97 Å². The Balaban J connectivity index is 2.18. The van der Waals surface area contributed by atoms with E-state index in [9.17, 15) is 9.90 Å². The summed E-state index contributed by atoms with van der Waals surface area (Å²) < 4.78 is 15.9. The van der Waals surface area contributed by atoms with Crippen molar-refractivity contribution in [1.82, 2.24) is 0 Å². The minimum absolute atomic E-state index is 0.309. The first-order chi connectivity index (χ1) is 9.67. The number of benzene rings is 1. The molecule has 1 aromatic rings. The minimum atomic E-state index is -0.908. The Morgan fingerprint density at radius 2 is 2.00 bits per heavy atom. The van der Waals surface area contributed by atoms with E-state index >= 15 is 0 Å². The summed E-state index contributed by atoms with van der Waals surface area (Å²) in [6, 6.07) is 5.23. The van der Waals surface area contributed by atoms with Crippen molar-refractivity contribution in [3.8, 4) is 11.5 Å². The van der Waals surface area contributed by atoms with Crippen LogP contribution in [0.25, 0.3) is 0 Å². The summed E-state index contributed by atoms with van der Waals surface area (Å²) in [6.07, 6.45) is -0.399. The van der Waals surface area contributed by atoms with Crippen LogP contribution in [0.5, 0.6) is 11.5 Å². The number of rotatable bonds is 5. The number of fused-ring (bicyclic) bond motifs is 1. The fourth-order valence-electron chi connectivity index (χ4n) is 2.24. The molecule has 5 nitrogen and oxygen atoms in total. The third kappa shape index (κ3) is 3.04. The molecular weight excluding hydrogens is 260 g/mol. The fourth-order valence-corrected chi connectivity index (χ4v) is 2.24. The molecular formula is C15H20O5. The predicted octanol–water partition coefficient (Wildman–Crippen LogP) is 2.08. The van der Waals surface area contributed by atoms with Crippen molar-refractivity contribution in [2.45, 2.75) is 26.4 Å². The van der Waals surface area contributed by atoms with Crippen LogP contribution in [0.3, 0.4) is 0 Å². The molecule has 1 N–H and O–H groups in total. The highest BCUT2D eigenvalue weighted by Crippen LogP contribution is 2.35. The normalized spacial score (nSPS) is 16.4. The molecule has 1 aliphatic rings. The lowest BCUT2D eigenvalue weighted by Crippen LogP contribution is -2.24. The van der Waals surface area contributed by atoms with E-state index < -0.39 is 12.0 Å². The molecule has 5 heteroatoms. The number of aliphatic hydroxyl groups is 1. The third-order valence-electron chi connectivity index (χ3n) is 3.32. The van der Waals surface area contributed by atoms with E-state index in [-0.39, 0.29) is 5.97 Å². The Morgan fingerprint density at radius 1 is 1.30 bits per heavy atom. The van der Waals surface area contributed by atoms with Crippen LogP contribution in [0.1, 0.15) is 31.9 Å². The molecule has 0 fully saturated rings. The van der Waals surface area contributed by atoms with Crippen molar-refractivity contribution in [3.05, 3.63) is 23.8 Å². The molecule has 1 aliphatic heterocycles. The standard InChI is InChI=1S/C15H20O5/c1-3-11(15(17)18-4-2)14(16)10-5-6-12-13(9-10)20-8-7-19-12/h5-6,9,11,14,16H,3-4,7-8H2,1-2H3. The topological polar surface area (TPSA) is 65.0 Å². The van der Waals surface area contributed by atoms with Crippen LogP contribution in [0.4, 0.5) is 0 Å². The second-order valence-electron chi connectivity index (χ2n) is 4.61. The summed E-state index contributed by atoms with van der Waals surface area (Å²) in [7, 11) is 0. The summed E-state index contributed by atoms with van der Waals surface area (Å²) in [5.74, 6) is 0.317. The van der Waals surface area contributed by atoms with E-state index in [0.29, 0.717) is 43.3 Å². The van der Waals surface area contributed by atoms with E-state index in [4.69, 9.17) is 14.2 Å². The van der Waals surface area contributed by atoms with Crippen molar-refractivity contribution < 1.29 is 24.1 Å². The van der Waals surface area contributed by atoms with Gasteiger partial charge in [-0.1, -0.05) is 13.0 Å². The summed E-state index contributed by atoms with van der Waals surface area (Å²) >= 11 is 0. The molecule has 1 heterocycles. The Morgan fingerprint density at radius 3 is 2.65 bits per heavy atom. The molecule has 0 aliphatic carbocycles. The number of hydrogen-bond acceptors (Lipinski definition) is 5. The van der Waals surface area contributed by atoms with Gasteiger partial charge in [-0.05, 0) is 31.0 Å². The molecule has 0 amide bonds. The maximum atomic E-state index is 11.8. The van der Waals surface area contributed by atoms with Gasteiger partial charge in [0, 0.05) is 0 Å². The summed E-state index contributed by atoms with van der Waals surface area (Å²) in [5.41, 5.74) is 0.633. The number of ether oxygens (including phenoxy) is 3. The molecule has 0 radical (unpaired) electrons. The maximum absolute atomic E-state index is 11.8. The van der Waals surface area contributed by atoms with Crippen molar-refractivity contribution in [1.29, 1.82) is 0 Å². The van der Waals surface area contributed by atoms with Gasteiger partial charge in [-0.25, -0.2) is 0 Å². The number of aliphatic hydroxyl groups excluding tert-OH is 1.